The van der Waals surface area contributed by atoms with Crippen LogP contribution in [0.15, 0.2) is 66.1 Å². The molecule has 0 saturated carbocycles. The van der Waals surface area contributed by atoms with Crippen molar-refractivity contribution in [1.29, 1.82) is 0 Å². The lowest BCUT2D eigenvalue weighted by atomic mass is 10.0. The van der Waals surface area contributed by atoms with Gasteiger partial charge in [0.2, 0.25) is 5.79 Å². The van der Waals surface area contributed by atoms with Gasteiger partial charge in [0.1, 0.15) is 17.7 Å². The second kappa shape index (κ2) is 8.46. The highest BCUT2D eigenvalue weighted by atomic mass is 32.2. The molecule has 1 aliphatic heterocycles. The predicted octanol–water partition coefficient (Wildman–Crippen LogP) is 3.14. The molecule has 1 fully saturated rings. The largest absolute Gasteiger partial charge is 0.342 e. The minimum atomic E-state index is -4.00. The van der Waals surface area contributed by atoms with E-state index in [2.05, 4.69) is 4.98 Å². The van der Waals surface area contributed by atoms with E-state index in [0.29, 0.717) is 0 Å². The molecule has 2 heterocycles. The molecule has 0 amide bonds. The van der Waals surface area contributed by atoms with Gasteiger partial charge in [-0.25, -0.2) is 13.8 Å². The monoisotopic (exact) mass is 450 g/mol. The Hall–Kier alpha value is -2.66. The van der Waals surface area contributed by atoms with Crippen molar-refractivity contribution in [1.82, 2.24) is 9.55 Å². The first-order chi connectivity index (χ1) is 14.8. The third-order valence-electron chi connectivity index (χ3n) is 4.87. The number of aromatic nitrogens is 2. The fourth-order valence-corrected chi connectivity index (χ4v) is 4.25. The molecule has 0 unspecified atom stereocenters. The fourth-order valence-electron chi connectivity index (χ4n) is 3.31. The quantitative estimate of drug-likeness (QED) is 0.515. The topological polar surface area (TPSA) is 79.7 Å². The summed E-state index contributed by atoms with van der Waals surface area (Å²) in [5, 5.41) is 0. The van der Waals surface area contributed by atoms with E-state index < -0.39 is 33.6 Å². The first-order valence-corrected chi connectivity index (χ1v) is 10.9. The maximum Gasteiger partial charge on any atom is 0.297 e. The van der Waals surface area contributed by atoms with Gasteiger partial charge >= 0.3 is 0 Å². The van der Waals surface area contributed by atoms with Crippen molar-refractivity contribution in [2.75, 3.05) is 13.2 Å². The Balaban J connectivity index is 1.53. The van der Waals surface area contributed by atoms with E-state index in [4.69, 9.17) is 13.7 Å². The van der Waals surface area contributed by atoms with Gasteiger partial charge in [0.25, 0.3) is 10.1 Å². The van der Waals surface area contributed by atoms with Crippen LogP contribution in [-0.2, 0) is 36.1 Å². The normalized spacial score (nSPS) is 21.5. The van der Waals surface area contributed by atoms with Gasteiger partial charge in [0.15, 0.2) is 0 Å². The average Bonchev–Trinajstić information content (AvgIpc) is 3.38. The highest BCUT2D eigenvalue weighted by molar-refractivity contribution is 7.86. The van der Waals surface area contributed by atoms with Gasteiger partial charge in [-0.2, -0.15) is 8.42 Å². The van der Waals surface area contributed by atoms with E-state index in [0.717, 1.165) is 17.7 Å². The Labute approximate surface area is 178 Å². The average molecular weight is 450 g/mol. The lowest BCUT2D eigenvalue weighted by molar-refractivity contribution is -0.191. The van der Waals surface area contributed by atoms with Crippen LogP contribution in [0.1, 0.15) is 11.1 Å². The maximum atomic E-state index is 14.6. The Morgan fingerprint density at radius 3 is 2.68 bits per heavy atom. The first-order valence-electron chi connectivity index (χ1n) is 9.47. The van der Waals surface area contributed by atoms with Gasteiger partial charge in [0, 0.05) is 24.0 Å². The number of imidazole rings is 1. The molecule has 3 aromatic rings. The lowest BCUT2D eigenvalue weighted by Crippen LogP contribution is -2.35. The van der Waals surface area contributed by atoms with E-state index in [1.165, 1.54) is 24.5 Å². The molecule has 1 aliphatic rings. The van der Waals surface area contributed by atoms with Crippen molar-refractivity contribution in [2.45, 2.75) is 30.3 Å². The number of aryl methyl sites for hydroxylation is 1. The number of rotatable bonds is 7. The molecule has 0 N–H and O–H groups in total. The second-order valence-corrected chi connectivity index (χ2v) is 8.83. The van der Waals surface area contributed by atoms with Crippen LogP contribution in [0.25, 0.3) is 0 Å². The summed E-state index contributed by atoms with van der Waals surface area (Å²) in [4.78, 5) is 3.97. The second-order valence-electron chi connectivity index (χ2n) is 7.21. The SMILES string of the molecule is Cc1ccc(S(=O)(=O)OC[C@H]2CO[C@](Cn3ccnc3)(c3ccc(F)cc3F)O2)cc1. The summed E-state index contributed by atoms with van der Waals surface area (Å²) in [6, 6.07) is 9.32. The molecule has 2 atom stereocenters. The van der Waals surface area contributed by atoms with Gasteiger partial charge in [-0.15, -0.1) is 0 Å². The van der Waals surface area contributed by atoms with Crippen LogP contribution in [0.2, 0.25) is 0 Å². The summed E-state index contributed by atoms with van der Waals surface area (Å²) in [6.07, 6.45) is 3.88. The van der Waals surface area contributed by atoms with Crippen LogP contribution in [0.4, 0.5) is 8.78 Å². The summed E-state index contributed by atoms with van der Waals surface area (Å²) >= 11 is 0. The smallest absolute Gasteiger partial charge is 0.297 e. The minimum Gasteiger partial charge on any atom is -0.342 e. The number of hydrogen-bond acceptors (Lipinski definition) is 6. The van der Waals surface area contributed by atoms with Crippen molar-refractivity contribution in [3.63, 3.8) is 0 Å². The van der Waals surface area contributed by atoms with Crippen molar-refractivity contribution >= 4 is 10.1 Å². The first kappa shape index (κ1) is 21.6. The number of benzene rings is 2. The zero-order chi connectivity index (χ0) is 22.1. The molecule has 0 bridgehead atoms. The molecule has 2 aromatic carbocycles. The van der Waals surface area contributed by atoms with Crippen molar-refractivity contribution in [3.05, 3.63) is 83.9 Å². The molecule has 164 valence electrons. The molecule has 0 aliphatic carbocycles. The van der Waals surface area contributed by atoms with E-state index in [1.807, 2.05) is 6.92 Å². The summed E-state index contributed by atoms with van der Waals surface area (Å²) in [5.41, 5.74) is 0.906. The van der Waals surface area contributed by atoms with Crippen LogP contribution < -0.4 is 0 Å². The Morgan fingerprint density at radius 1 is 1.23 bits per heavy atom. The van der Waals surface area contributed by atoms with E-state index in [-0.39, 0.29) is 30.2 Å². The Kier molecular flexibility index (Phi) is 5.89. The summed E-state index contributed by atoms with van der Waals surface area (Å²) in [5.74, 6) is -3.17. The Morgan fingerprint density at radius 2 is 2.00 bits per heavy atom. The summed E-state index contributed by atoms with van der Waals surface area (Å²) < 4.78 is 71.4. The Bertz CT molecular complexity index is 1150. The van der Waals surface area contributed by atoms with E-state index in [9.17, 15) is 17.2 Å². The molecule has 1 saturated heterocycles. The molecule has 4 rings (SSSR count). The van der Waals surface area contributed by atoms with Gasteiger partial charge in [0.05, 0.1) is 31.0 Å². The van der Waals surface area contributed by atoms with Crippen LogP contribution in [0.5, 0.6) is 0 Å². The van der Waals surface area contributed by atoms with Gasteiger partial charge in [-0.05, 0) is 31.2 Å². The molecule has 0 radical (unpaired) electrons. The van der Waals surface area contributed by atoms with Gasteiger partial charge in [-0.3, -0.25) is 4.18 Å². The third-order valence-corrected chi connectivity index (χ3v) is 6.17. The highest BCUT2D eigenvalue weighted by Gasteiger charge is 2.46. The molecule has 7 nitrogen and oxygen atoms in total. The molecular weight excluding hydrogens is 430 g/mol. The standard InChI is InChI=1S/C21H20F2N2O5S/c1-15-2-5-18(6-3-15)31(26,27)29-12-17-11-28-21(30-17,13-25-9-8-24-14-25)19-7-4-16(22)10-20(19)23/h2-10,14,17H,11-13H2,1H3/t17-,21+/m1/s1. The number of nitrogens with zero attached hydrogens (tertiary/aromatic N) is 2. The van der Waals surface area contributed by atoms with Gasteiger partial charge in [-0.1, -0.05) is 17.7 Å². The molecule has 31 heavy (non-hydrogen) atoms. The van der Waals surface area contributed by atoms with Crippen LogP contribution in [0, 0.1) is 18.6 Å². The number of hydrogen-bond donors (Lipinski definition) is 0. The molecule has 10 heteroatoms. The van der Waals surface area contributed by atoms with E-state index in [1.54, 1.807) is 29.1 Å². The third kappa shape index (κ3) is 4.67. The molecule has 1 aromatic heterocycles. The fraction of sp³-hybridized carbons (Fsp3) is 0.286. The number of ether oxygens (including phenoxy) is 2. The predicted molar refractivity (Wildman–Crippen MR) is 105 cm³/mol. The van der Waals surface area contributed by atoms with E-state index >= 15 is 0 Å². The number of halogens is 2. The summed E-state index contributed by atoms with van der Waals surface area (Å²) in [7, 11) is -4.00. The zero-order valence-corrected chi connectivity index (χ0v) is 17.4. The highest BCUT2D eigenvalue weighted by Crippen LogP contribution is 2.38. The zero-order valence-electron chi connectivity index (χ0n) is 16.6. The lowest BCUT2D eigenvalue weighted by Gasteiger charge is -2.29. The van der Waals surface area contributed by atoms with Crippen molar-refractivity contribution in [2.24, 2.45) is 0 Å². The molecule has 0 spiro atoms. The maximum absolute atomic E-state index is 14.6. The molecular formula is C21H20F2N2O5S. The van der Waals surface area contributed by atoms with Crippen LogP contribution in [0.3, 0.4) is 0 Å². The van der Waals surface area contributed by atoms with Crippen molar-refractivity contribution < 1.29 is 30.9 Å². The summed E-state index contributed by atoms with van der Waals surface area (Å²) in [6.45, 7) is 1.49. The van der Waals surface area contributed by atoms with Gasteiger partial charge < -0.3 is 14.0 Å². The van der Waals surface area contributed by atoms with Crippen LogP contribution >= 0.6 is 0 Å². The van der Waals surface area contributed by atoms with Crippen LogP contribution in [-0.4, -0.2) is 37.3 Å². The van der Waals surface area contributed by atoms with Crippen molar-refractivity contribution in [3.8, 4) is 0 Å². The minimum absolute atomic E-state index is 0.00788.